The lowest BCUT2D eigenvalue weighted by Crippen LogP contribution is -2.40. The van der Waals surface area contributed by atoms with Crippen LogP contribution in [0.1, 0.15) is 46.3 Å². The number of imidazole rings is 1. The zero-order chi connectivity index (χ0) is 21.3. The van der Waals surface area contributed by atoms with E-state index < -0.39 is 0 Å². The molecule has 4 aromatic rings. The minimum Gasteiger partial charge on any atom is -0.327 e. The number of fused-ring (bicyclic) bond motifs is 2. The van der Waals surface area contributed by atoms with Crippen LogP contribution >= 0.6 is 22.9 Å². The van der Waals surface area contributed by atoms with E-state index in [0.717, 1.165) is 23.2 Å². The van der Waals surface area contributed by atoms with Crippen molar-refractivity contribution in [1.82, 2.24) is 14.3 Å². The number of nitrogens with zero attached hydrogens (tertiary/aromatic N) is 3. The minimum absolute atomic E-state index is 0.0714. The minimum atomic E-state index is -0.299. The van der Waals surface area contributed by atoms with E-state index in [0.29, 0.717) is 16.4 Å². The normalized spacial score (nSPS) is 15.5. The lowest BCUT2D eigenvalue weighted by molar-refractivity contribution is 0.0695. The Bertz CT molecular complexity index is 1180. The molecule has 7 heteroatoms. The molecule has 1 unspecified atom stereocenters. The van der Waals surface area contributed by atoms with E-state index in [-0.39, 0.29) is 17.8 Å². The van der Waals surface area contributed by atoms with E-state index in [1.165, 1.54) is 17.0 Å². The molecule has 0 saturated heterocycles. The van der Waals surface area contributed by atoms with Gasteiger partial charge in [0.1, 0.15) is 11.5 Å². The highest BCUT2D eigenvalue weighted by molar-refractivity contribution is 7.16. The predicted octanol–water partition coefficient (Wildman–Crippen LogP) is 6.00. The fourth-order valence-electron chi connectivity index (χ4n) is 3.79. The van der Waals surface area contributed by atoms with Crippen LogP contribution in [0.15, 0.2) is 61.1 Å². The van der Waals surface area contributed by atoms with Crippen molar-refractivity contribution in [3.63, 3.8) is 0 Å². The number of pyridine rings is 1. The summed E-state index contributed by atoms with van der Waals surface area (Å²) < 4.78 is 16.0. The molecule has 4 heterocycles. The van der Waals surface area contributed by atoms with Gasteiger partial charge in [0.15, 0.2) is 0 Å². The Morgan fingerprint density at radius 3 is 2.73 bits per heavy atom. The maximum atomic E-state index is 13.5. The second-order valence-electron chi connectivity index (χ2n) is 6.74. The van der Waals surface area contributed by atoms with Gasteiger partial charge in [-0.1, -0.05) is 37.6 Å². The number of hydrogen-bond acceptors (Lipinski definition) is 3. The molecular formula is C23H21ClFN3OS. The van der Waals surface area contributed by atoms with Crippen LogP contribution < -0.4 is 0 Å². The third-order valence-electron chi connectivity index (χ3n) is 5.08. The molecule has 0 aliphatic carbocycles. The molecule has 1 aromatic carbocycles. The molecule has 0 radical (unpaired) electrons. The van der Waals surface area contributed by atoms with E-state index in [1.54, 1.807) is 41.9 Å². The van der Waals surface area contributed by atoms with Gasteiger partial charge in [-0.05, 0) is 47.9 Å². The van der Waals surface area contributed by atoms with Gasteiger partial charge in [0.05, 0.1) is 15.9 Å². The van der Waals surface area contributed by atoms with Crippen molar-refractivity contribution < 1.29 is 9.18 Å². The topological polar surface area (TPSA) is 37.6 Å². The number of hydrogen-bond donors (Lipinski definition) is 0. The number of aromatic nitrogens is 2. The van der Waals surface area contributed by atoms with Crippen LogP contribution in [0.3, 0.4) is 0 Å². The zero-order valence-electron chi connectivity index (χ0n) is 16.7. The number of halogens is 2. The Kier molecular flexibility index (Phi) is 5.88. The molecule has 1 amide bonds. The SMILES string of the molecule is CC.O=C(c1ccc2nccn2c1)N1CCc2sc(Cl)cc2C1c1ccc(F)cc1. The van der Waals surface area contributed by atoms with Crippen LogP contribution in [-0.4, -0.2) is 26.7 Å². The van der Waals surface area contributed by atoms with Crippen LogP contribution in [-0.2, 0) is 6.42 Å². The first kappa shape index (κ1) is 20.6. The largest absolute Gasteiger partial charge is 0.327 e. The van der Waals surface area contributed by atoms with Crippen molar-refractivity contribution >= 4 is 34.5 Å². The van der Waals surface area contributed by atoms with Crippen LogP contribution in [0.4, 0.5) is 4.39 Å². The summed E-state index contributed by atoms with van der Waals surface area (Å²) in [6.07, 6.45) is 6.06. The van der Waals surface area contributed by atoms with Crippen molar-refractivity contribution in [3.8, 4) is 0 Å². The van der Waals surface area contributed by atoms with E-state index in [1.807, 2.05) is 41.5 Å². The molecule has 0 N–H and O–H groups in total. The molecule has 0 saturated carbocycles. The molecule has 1 aliphatic heterocycles. The Balaban J connectivity index is 0.00000106. The molecule has 0 bridgehead atoms. The molecule has 154 valence electrons. The van der Waals surface area contributed by atoms with Gasteiger partial charge in [-0.2, -0.15) is 0 Å². The monoisotopic (exact) mass is 441 g/mol. The summed E-state index contributed by atoms with van der Waals surface area (Å²) >= 11 is 7.82. The Hall–Kier alpha value is -2.70. The van der Waals surface area contributed by atoms with Crippen molar-refractivity contribution in [1.29, 1.82) is 0 Å². The zero-order valence-corrected chi connectivity index (χ0v) is 18.3. The Morgan fingerprint density at radius 2 is 1.97 bits per heavy atom. The maximum absolute atomic E-state index is 13.5. The lowest BCUT2D eigenvalue weighted by atomic mass is 9.92. The molecule has 0 spiro atoms. The average molecular weight is 442 g/mol. The first-order chi connectivity index (χ1) is 14.6. The Labute approximate surface area is 183 Å². The summed E-state index contributed by atoms with van der Waals surface area (Å²) in [6.45, 7) is 4.58. The van der Waals surface area contributed by atoms with Gasteiger partial charge in [-0.15, -0.1) is 11.3 Å². The number of rotatable bonds is 2. The molecule has 0 fully saturated rings. The van der Waals surface area contributed by atoms with Crippen molar-refractivity contribution in [2.45, 2.75) is 26.3 Å². The highest BCUT2D eigenvalue weighted by Crippen LogP contribution is 2.41. The fraction of sp³-hybridized carbons (Fsp3) is 0.217. The standard InChI is InChI=1S/C21H15ClFN3OS.C2H6/c22-18-11-16-17(28-18)7-9-26(20(16)13-1-4-15(23)5-2-13)21(27)14-3-6-19-24-8-10-25(19)12-14;1-2/h1-6,8,10-12,20H,7,9H2;1-2H3. The number of carbonyl (C=O) groups is 1. The maximum Gasteiger partial charge on any atom is 0.256 e. The Morgan fingerprint density at radius 1 is 1.20 bits per heavy atom. The van der Waals surface area contributed by atoms with Gasteiger partial charge >= 0.3 is 0 Å². The fourth-order valence-corrected chi connectivity index (χ4v) is 5.09. The summed E-state index contributed by atoms with van der Waals surface area (Å²) in [6, 6.07) is 11.6. The van der Waals surface area contributed by atoms with Gasteiger partial charge in [-0.25, -0.2) is 9.37 Å². The quantitative estimate of drug-likeness (QED) is 0.382. The molecule has 1 atom stereocenters. The third kappa shape index (κ3) is 3.73. The first-order valence-corrected chi connectivity index (χ1v) is 11.1. The smallest absolute Gasteiger partial charge is 0.256 e. The van der Waals surface area contributed by atoms with Crippen LogP contribution in [0.2, 0.25) is 4.34 Å². The molecular weight excluding hydrogens is 421 g/mol. The van der Waals surface area contributed by atoms with E-state index in [4.69, 9.17) is 11.6 Å². The third-order valence-corrected chi connectivity index (χ3v) is 6.42. The summed E-state index contributed by atoms with van der Waals surface area (Å²) in [5.74, 6) is -0.371. The highest BCUT2D eigenvalue weighted by Gasteiger charge is 2.34. The van der Waals surface area contributed by atoms with E-state index in [9.17, 15) is 9.18 Å². The second-order valence-corrected chi connectivity index (χ2v) is 8.51. The average Bonchev–Trinajstić information content (AvgIpc) is 3.39. The summed E-state index contributed by atoms with van der Waals surface area (Å²) in [4.78, 5) is 20.7. The number of amides is 1. The predicted molar refractivity (Wildman–Crippen MR) is 119 cm³/mol. The number of thiophene rings is 1. The molecule has 3 aromatic heterocycles. The van der Waals surface area contributed by atoms with Gasteiger partial charge in [0.2, 0.25) is 0 Å². The van der Waals surface area contributed by atoms with Crippen LogP contribution in [0.5, 0.6) is 0 Å². The van der Waals surface area contributed by atoms with E-state index in [2.05, 4.69) is 4.98 Å². The van der Waals surface area contributed by atoms with Crippen molar-refractivity contribution in [2.24, 2.45) is 0 Å². The first-order valence-electron chi connectivity index (χ1n) is 9.87. The van der Waals surface area contributed by atoms with Gasteiger partial charge in [0.25, 0.3) is 5.91 Å². The van der Waals surface area contributed by atoms with E-state index >= 15 is 0 Å². The molecule has 1 aliphatic rings. The highest BCUT2D eigenvalue weighted by atomic mass is 35.5. The summed E-state index contributed by atoms with van der Waals surface area (Å²) in [7, 11) is 0. The summed E-state index contributed by atoms with van der Waals surface area (Å²) in [5.41, 5.74) is 3.26. The molecule has 30 heavy (non-hydrogen) atoms. The van der Waals surface area contributed by atoms with Gasteiger partial charge in [-0.3, -0.25) is 4.79 Å². The number of benzene rings is 1. The van der Waals surface area contributed by atoms with Crippen molar-refractivity contribution in [3.05, 3.63) is 92.8 Å². The lowest BCUT2D eigenvalue weighted by Gasteiger charge is -2.36. The second kappa shape index (κ2) is 8.58. The molecule has 5 rings (SSSR count). The van der Waals surface area contributed by atoms with Gasteiger partial charge < -0.3 is 9.30 Å². The van der Waals surface area contributed by atoms with Crippen molar-refractivity contribution in [2.75, 3.05) is 6.54 Å². The van der Waals surface area contributed by atoms with Crippen LogP contribution in [0, 0.1) is 5.82 Å². The molecule has 4 nitrogen and oxygen atoms in total. The summed E-state index contributed by atoms with van der Waals surface area (Å²) in [5, 5.41) is 0. The number of carbonyl (C=O) groups excluding carboxylic acids is 1. The van der Waals surface area contributed by atoms with Crippen LogP contribution in [0.25, 0.3) is 5.65 Å². The van der Waals surface area contributed by atoms with Gasteiger partial charge in [0, 0.05) is 30.0 Å².